The first-order valence-corrected chi connectivity index (χ1v) is 12.9. The van der Waals surface area contributed by atoms with Crippen molar-refractivity contribution < 1.29 is 18.0 Å². The van der Waals surface area contributed by atoms with E-state index in [0.717, 1.165) is 23.5 Å². The summed E-state index contributed by atoms with van der Waals surface area (Å²) in [7, 11) is 7.47. The summed E-state index contributed by atoms with van der Waals surface area (Å²) < 4.78 is 38.8. The van der Waals surface area contributed by atoms with Crippen LogP contribution in [0.2, 0.25) is 0 Å². The number of nitrogens with one attached hydrogen (secondary N) is 1. The maximum Gasteiger partial charge on any atom is 0.416 e. The van der Waals surface area contributed by atoms with Crippen molar-refractivity contribution in [3.8, 4) is 0 Å². The first-order chi connectivity index (χ1) is 17.4. The Kier molecular flexibility index (Phi) is 9.20. The average molecular weight is 534 g/mol. The molecule has 3 rings (SSSR count). The summed E-state index contributed by atoms with van der Waals surface area (Å²) in [5, 5.41) is 5.65. The number of rotatable bonds is 10. The van der Waals surface area contributed by atoms with Crippen LogP contribution in [0.25, 0.3) is 0 Å². The molecule has 1 heterocycles. The third kappa shape index (κ3) is 7.23. The Balaban J connectivity index is 1.86. The predicted molar refractivity (Wildman–Crippen MR) is 146 cm³/mol. The number of nitrogens with zero attached hydrogens (tertiary/aromatic N) is 4. The summed E-state index contributed by atoms with van der Waals surface area (Å²) in [6, 6.07) is 12.4. The summed E-state index contributed by atoms with van der Waals surface area (Å²) in [5.41, 5.74) is 2.39. The fraction of sp³-hybridized carbons (Fsp3) is 0.407. The first kappa shape index (κ1) is 28.5. The van der Waals surface area contributed by atoms with E-state index in [4.69, 9.17) is 4.98 Å². The van der Waals surface area contributed by atoms with E-state index in [1.165, 1.54) is 23.5 Å². The lowest BCUT2D eigenvalue weighted by Gasteiger charge is -2.28. The number of halogens is 3. The van der Waals surface area contributed by atoms with Crippen molar-refractivity contribution in [1.29, 1.82) is 0 Å². The lowest BCUT2D eigenvalue weighted by atomic mass is 10.0. The van der Waals surface area contributed by atoms with Crippen LogP contribution in [-0.2, 0) is 17.5 Å². The summed E-state index contributed by atoms with van der Waals surface area (Å²) in [6.07, 6.45) is -3.69. The van der Waals surface area contributed by atoms with Crippen molar-refractivity contribution in [1.82, 2.24) is 10.3 Å². The van der Waals surface area contributed by atoms with Gasteiger partial charge in [0, 0.05) is 43.6 Å². The van der Waals surface area contributed by atoms with Crippen LogP contribution in [0.4, 0.5) is 35.4 Å². The molecular weight excluding hydrogens is 499 g/mol. The van der Waals surface area contributed by atoms with Gasteiger partial charge in [0.25, 0.3) is 0 Å². The number of benzene rings is 2. The van der Waals surface area contributed by atoms with Crippen LogP contribution in [0.1, 0.15) is 31.5 Å². The molecule has 0 saturated heterocycles. The minimum absolute atomic E-state index is 0.0422. The summed E-state index contributed by atoms with van der Waals surface area (Å²) >= 11 is 1.37. The highest BCUT2D eigenvalue weighted by Gasteiger charge is 2.30. The largest absolute Gasteiger partial charge is 0.416 e. The standard InChI is InChI=1S/C27H34F3N5OS/c1-18(2)15-24(31-3)25(36)35(23-13-11-21(12-14-23)33(4)5)16-20-17-37-26(32-20)34(6)22-9-7-19(8-10-22)27(28,29)30/h7-14,17-18,24,31H,15-16H2,1-6H3. The van der Waals surface area contributed by atoms with Gasteiger partial charge >= 0.3 is 6.18 Å². The second-order valence-corrected chi connectivity index (χ2v) is 10.4. The molecular formula is C27H34F3N5OS. The lowest BCUT2D eigenvalue weighted by Crippen LogP contribution is -2.46. The van der Waals surface area contributed by atoms with E-state index in [0.29, 0.717) is 28.9 Å². The number of hydrogen-bond donors (Lipinski definition) is 1. The van der Waals surface area contributed by atoms with Crippen LogP contribution in [0.3, 0.4) is 0 Å². The van der Waals surface area contributed by atoms with Crippen LogP contribution in [-0.4, -0.2) is 45.1 Å². The molecule has 0 fully saturated rings. The topological polar surface area (TPSA) is 51.7 Å². The van der Waals surface area contributed by atoms with Gasteiger partial charge in [-0.1, -0.05) is 13.8 Å². The van der Waals surface area contributed by atoms with Gasteiger partial charge in [0.2, 0.25) is 5.91 Å². The summed E-state index contributed by atoms with van der Waals surface area (Å²) in [4.78, 5) is 23.8. The van der Waals surface area contributed by atoms with E-state index in [1.54, 1.807) is 23.9 Å². The van der Waals surface area contributed by atoms with Gasteiger partial charge in [-0.3, -0.25) is 4.79 Å². The van der Waals surface area contributed by atoms with Crippen molar-refractivity contribution in [2.75, 3.05) is 42.9 Å². The Hall–Kier alpha value is -3.11. The zero-order chi connectivity index (χ0) is 27.3. The second kappa shape index (κ2) is 12.0. The molecule has 1 atom stereocenters. The van der Waals surface area contributed by atoms with Crippen LogP contribution in [0.15, 0.2) is 53.9 Å². The monoisotopic (exact) mass is 533 g/mol. The average Bonchev–Trinajstić information content (AvgIpc) is 3.33. The second-order valence-electron chi connectivity index (χ2n) is 9.53. The van der Waals surface area contributed by atoms with Crippen LogP contribution in [0.5, 0.6) is 0 Å². The van der Waals surface area contributed by atoms with Gasteiger partial charge in [-0.05, 0) is 67.9 Å². The molecule has 0 bridgehead atoms. The smallest absolute Gasteiger partial charge is 0.378 e. The molecule has 0 aliphatic rings. The van der Waals surface area contributed by atoms with E-state index in [1.807, 2.05) is 48.6 Å². The van der Waals surface area contributed by atoms with Gasteiger partial charge < -0.3 is 20.0 Å². The normalized spacial score (nSPS) is 12.5. The fourth-order valence-electron chi connectivity index (χ4n) is 3.90. The predicted octanol–water partition coefficient (Wildman–Crippen LogP) is 6.16. The maximum atomic E-state index is 13.6. The molecule has 6 nitrogen and oxygen atoms in total. The van der Waals surface area contributed by atoms with Gasteiger partial charge in [-0.2, -0.15) is 13.2 Å². The Labute approximate surface area is 220 Å². The minimum atomic E-state index is -4.38. The third-order valence-electron chi connectivity index (χ3n) is 6.03. The number of thiazole rings is 1. The molecule has 1 aromatic heterocycles. The highest BCUT2D eigenvalue weighted by atomic mass is 32.1. The summed E-state index contributed by atoms with van der Waals surface area (Å²) in [6.45, 7) is 4.43. The molecule has 2 aromatic carbocycles. The van der Waals surface area contributed by atoms with Gasteiger partial charge in [0.05, 0.1) is 23.8 Å². The Morgan fingerprint density at radius 1 is 0.973 bits per heavy atom. The number of hydrogen-bond acceptors (Lipinski definition) is 6. The summed E-state index contributed by atoms with van der Waals surface area (Å²) in [5.74, 6) is 0.294. The SMILES string of the molecule is CNC(CC(C)C)C(=O)N(Cc1csc(N(C)c2ccc(C(F)(F)F)cc2)n1)c1ccc(N(C)C)cc1. The van der Waals surface area contributed by atoms with E-state index < -0.39 is 11.7 Å². The number of alkyl halides is 3. The molecule has 1 N–H and O–H groups in total. The van der Waals surface area contributed by atoms with E-state index in [2.05, 4.69) is 19.2 Å². The van der Waals surface area contributed by atoms with Gasteiger partial charge in [-0.25, -0.2) is 4.98 Å². The minimum Gasteiger partial charge on any atom is -0.378 e. The van der Waals surface area contributed by atoms with Gasteiger partial charge in [0.1, 0.15) is 0 Å². The number of carbonyl (C=O) groups is 1. The lowest BCUT2D eigenvalue weighted by molar-refractivity contribution is -0.137. The zero-order valence-corrected chi connectivity index (χ0v) is 22.8. The highest BCUT2D eigenvalue weighted by Crippen LogP contribution is 2.33. The number of aromatic nitrogens is 1. The fourth-order valence-corrected chi connectivity index (χ4v) is 4.70. The van der Waals surface area contributed by atoms with Crippen molar-refractivity contribution in [3.05, 3.63) is 65.2 Å². The van der Waals surface area contributed by atoms with Gasteiger partial charge in [0.15, 0.2) is 5.13 Å². The van der Waals surface area contributed by atoms with E-state index in [9.17, 15) is 18.0 Å². The van der Waals surface area contributed by atoms with E-state index >= 15 is 0 Å². The molecule has 0 saturated carbocycles. The third-order valence-corrected chi connectivity index (χ3v) is 6.99. The molecule has 0 aliphatic carbocycles. The van der Waals surface area contributed by atoms with Crippen molar-refractivity contribution in [2.24, 2.45) is 5.92 Å². The Morgan fingerprint density at radius 2 is 1.54 bits per heavy atom. The van der Waals surface area contributed by atoms with Crippen molar-refractivity contribution in [2.45, 2.75) is 39.0 Å². The van der Waals surface area contributed by atoms with Crippen LogP contribution >= 0.6 is 11.3 Å². The number of carbonyl (C=O) groups excluding carboxylic acids is 1. The molecule has 3 aromatic rings. The number of amides is 1. The zero-order valence-electron chi connectivity index (χ0n) is 22.0. The highest BCUT2D eigenvalue weighted by molar-refractivity contribution is 7.13. The molecule has 37 heavy (non-hydrogen) atoms. The number of likely N-dealkylation sites (N-methyl/N-ethyl adjacent to an activating group) is 1. The molecule has 200 valence electrons. The Morgan fingerprint density at radius 3 is 2.05 bits per heavy atom. The molecule has 1 unspecified atom stereocenters. The van der Waals surface area contributed by atoms with E-state index in [-0.39, 0.29) is 18.5 Å². The molecule has 10 heteroatoms. The molecule has 1 amide bonds. The molecule has 0 radical (unpaired) electrons. The van der Waals surface area contributed by atoms with Gasteiger partial charge in [-0.15, -0.1) is 11.3 Å². The van der Waals surface area contributed by atoms with Crippen molar-refractivity contribution in [3.63, 3.8) is 0 Å². The Bertz CT molecular complexity index is 1160. The van der Waals surface area contributed by atoms with Crippen molar-refractivity contribution >= 4 is 39.4 Å². The molecule has 0 spiro atoms. The first-order valence-electron chi connectivity index (χ1n) is 12.0. The maximum absolute atomic E-state index is 13.6. The quantitative estimate of drug-likeness (QED) is 0.338. The van der Waals surface area contributed by atoms with Crippen LogP contribution < -0.4 is 20.0 Å². The van der Waals surface area contributed by atoms with Crippen LogP contribution in [0, 0.1) is 5.92 Å². The number of anilines is 4. The molecule has 0 aliphatic heterocycles.